The van der Waals surface area contributed by atoms with Gasteiger partial charge in [-0.15, -0.1) is 0 Å². The van der Waals surface area contributed by atoms with E-state index in [0.29, 0.717) is 0 Å². The monoisotopic (exact) mass is 385 g/mol. The van der Waals surface area contributed by atoms with Crippen LogP contribution in [0.4, 0.5) is 0 Å². The lowest BCUT2D eigenvalue weighted by Gasteiger charge is -2.13. The Hall–Kier alpha value is -1.94. The summed E-state index contributed by atoms with van der Waals surface area (Å²) in [6, 6.07) is 11.5. The second-order valence-electron chi connectivity index (χ2n) is 5.02. The molecule has 0 fully saturated rings. The Bertz CT molecular complexity index is 924. The molecule has 0 heterocycles. The van der Waals surface area contributed by atoms with Crippen molar-refractivity contribution in [3.8, 4) is 5.75 Å². The zero-order valence-corrected chi connectivity index (χ0v) is 15.4. The van der Waals surface area contributed by atoms with Crippen molar-refractivity contribution in [3.63, 3.8) is 0 Å². The van der Waals surface area contributed by atoms with Crippen LogP contribution in [0.2, 0.25) is 0 Å². The van der Waals surface area contributed by atoms with Crippen molar-refractivity contribution in [2.24, 2.45) is 0 Å². The van der Waals surface area contributed by atoms with E-state index in [1.165, 1.54) is 38.5 Å². The first-order valence-corrected chi connectivity index (χ1v) is 10.3. The third-order valence-electron chi connectivity index (χ3n) is 3.39. The molecule has 0 bridgehead atoms. The van der Waals surface area contributed by atoms with Crippen LogP contribution in [0.1, 0.15) is 0 Å². The number of nitrogens with one attached hydrogen (secondary N) is 1. The Morgan fingerprint density at radius 2 is 1.60 bits per heavy atom. The zero-order chi connectivity index (χ0) is 18.5. The average molecular weight is 385 g/mol. The average Bonchev–Trinajstić information content (AvgIpc) is 2.62. The van der Waals surface area contributed by atoms with Crippen molar-refractivity contribution in [1.82, 2.24) is 4.72 Å². The maximum absolute atomic E-state index is 12.7. The molecule has 0 saturated carbocycles. The molecule has 0 aliphatic rings. The maximum atomic E-state index is 12.7. The predicted octanol–water partition coefficient (Wildman–Crippen LogP) is 1.45. The fourth-order valence-corrected chi connectivity index (χ4v) is 4.71. The van der Waals surface area contributed by atoms with E-state index in [2.05, 4.69) is 4.72 Å². The van der Waals surface area contributed by atoms with Crippen LogP contribution in [-0.4, -0.2) is 44.2 Å². The van der Waals surface area contributed by atoms with E-state index in [-0.39, 0.29) is 33.6 Å². The van der Waals surface area contributed by atoms with Gasteiger partial charge in [-0.3, -0.25) is 0 Å². The molecular weight excluding hydrogens is 366 g/mol. The normalized spacial score (nSPS) is 12.1. The molecule has 1 N–H and O–H groups in total. The summed E-state index contributed by atoms with van der Waals surface area (Å²) in [6.07, 6.45) is 0. The molecule has 2 rings (SSSR count). The highest BCUT2D eigenvalue weighted by Crippen LogP contribution is 2.29. The van der Waals surface area contributed by atoms with Gasteiger partial charge in [-0.1, -0.05) is 18.2 Å². The van der Waals surface area contributed by atoms with E-state index < -0.39 is 19.9 Å². The highest BCUT2D eigenvalue weighted by atomic mass is 32.2. The fourth-order valence-electron chi connectivity index (χ4n) is 2.13. The molecule has 0 amide bonds. The lowest BCUT2D eigenvalue weighted by molar-refractivity contribution is 0.204. The predicted molar refractivity (Wildman–Crippen MR) is 92.0 cm³/mol. The van der Waals surface area contributed by atoms with Gasteiger partial charge in [0.2, 0.25) is 19.9 Å². The van der Waals surface area contributed by atoms with Crippen LogP contribution in [0.3, 0.4) is 0 Å². The summed E-state index contributed by atoms with van der Waals surface area (Å²) in [5.41, 5.74) is 0. The van der Waals surface area contributed by atoms with Gasteiger partial charge in [0.15, 0.2) is 0 Å². The van der Waals surface area contributed by atoms with Gasteiger partial charge < -0.3 is 9.47 Å². The van der Waals surface area contributed by atoms with Gasteiger partial charge in [0.25, 0.3) is 0 Å². The maximum Gasteiger partial charge on any atom is 0.244 e. The van der Waals surface area contributed by atoms with Crippen molar-refractivity contribution in [3.05, 3.63) is 48.5 Å². The van der Waals surface area contributed by atoms with Gasteiger partial charge in [0.05, 0.1) is 23.5 Å². The second-order valence-corrected chi connectivity index (χ2v) is 8.70. The van der Waals surface area contributed by atoms with Gasteiger partial charge in [-0.2, -0.15) is 0 Å². The number of sulfone groups is 1. The summed E-state index contributed by atoms with van der Waals surface area (Å²) < 4.78 is 62.5. The van der Waals surface area contributed by atoms with Crippen LogP contribution in [-0.2, 0) is 24.6 Å². The fraction of sp³-hybridized carbons (Fsp3) is 0.250. The molecule has 0 aliphatic carbocycles. The molecule has 0 unspecified atom stereocenters. The van der Waals surface area contributed by atoms with Gasteiger partial charge >= 0.3 is 0 Å². The van der Waals surface area contributed by atoms with Crippen molar-refractivity contribution < 1.29 is 26.3 Å². The highest BCUT2D eigenvalue weighted by molar-refractivity contribution is 7.91. The molecule has 9 heteroatoms. The molecule has 0 atom stereocenters. The van der Waals surface area contributed by atoms with Crippen molar-refractivity contribution in [1.29, 1.82) is 0 Å². The molecule has 0 aliphatic heterocycles. The Morgan fingerprint density at radius 1 is 0.920 bits per heavy atom. The van der Waals surface area contributed by atoms with E-state index in [1.807, 2.05) is 0 Å². The molecule has 0 radical (unpaired) electrons. The number of methoxy groups -OCH3 is 2. The van der Waals surface area contributed by atoms with Crippen LogP contribution in [0.5, 0.6) is 5.75 Å². The Balaban J connectivity index is 2.51. The van der Waals surface area contributed by atoms with Gasteiger partial charge in [0.1, 0.15) is 10.6 Å². The molecule has 25 heavy (non-hydrogen) atoms. The molecule has 136 valence electrons. The minimum absolute atomic E-state index is 0.0527. The third kappa shape index (κ3) is 4.37. The molecule has 2 aromatic carbocycles. The lowest BCUT2D eigenvalue weighted by atomic mass is 10.3. The molecule has 0 saturated heterocycles. The Labute approximate surface area is 147 Å². The van der Waals surface area contributed by atoms with Crippen molar-refractivity contribution >= 4 is 19.9 Å². The van der Waals surface area contributed by atoms with Crippen LogP contribution in [0.25, 0.3) is 0 Å². The van der Waals surface area contributed by atoms with Crippen molar-refractivity contribution in [2.45, 2.75) is 14.7 Å². The minimum Gasteiger partial charge on any atom is -0.495 e. The summed E-state index contributed by atoms with van der Waals surface area (Å²) in [5.74, 6) is 0.0527. The van der Waals surface area contributed by atoms with E-state index in [1.54, 1.807) is 18.2 Å². The first-order chi connectivity index (χ1) is 11.8. The number of hydrogen-bond donors (Lipinski definition) is 1. The van der Waals surface area contributed by atoms with E-state index in [9.17, 15) is 16.8 Å². The van der Waals surface area contributed by atoms with Crippen LogP contribution in [0.15, 0.2) is 63.2 Å². The Morgan fingerprint density at radius 3 is 2.20 bits per heavy atom. The van der Waals surface area contributed by atoms with Crippen LogP contribution >= 0.6 is 0 Å². The Kier molecular flexibility index (Phi) is 6.17. The largest absolute Gasteiger partial charge is 0.495 e. The van der Waals surface area contributed by atoms with Gasteiger partial charge in [-0.25, -0.2) is 21.6 Å². The highest BCUT2D eigenvalue weighted by Gasteiger charge is 2.24. The van der Waals surface area contributed by atoms with E-state index in [0.717, 1.165) is 6.07 Å². The summed E-state index contributed by atoms with van der Waals surface area (Å²) in [7, 11) is -5.04. The molecule has 7 nitrogen and oxygen atoms in total. The molecular formula is C16H19NO6S2. The number of sulfonamides is 1. The smallest absolute Gasteiger partial charge is 0.244 e. The SMILES string of the molecule is COCCNS(=O)(=O)c1cc(S(=O)(=O)c2ccccc2)ccc1OC. The second kappa shape index (κ2) is 7.96. The summed E-state index contributed by atoms with van der Waals surface area (Å²) in [4.78, 5) is -0.300. The summed E-state index contributed by atoms with van der Waals surface area (Å²) in [6.45, 7) is 0.237. The lowest BCUT2D eigenvalue weighted by Crippen LogP contribution is -2.27. The minimum atomic E-state index is -3.96. The first kappa shape index (κ1) is 19.4. The van der Waals surface area contributed by atoms with E-state index in [4.69, 9.17) is 9.47 Å². The number of rotatable bonds is 8. The summed E-state index contributed by atoms with van der Waals surface area (Å²) >= 11 is 0. The number of ether oxygens (including phenoxy) is 2. The molecule has 2 aromatic rings. The molecule has 0 aromatic heterocycles. The quantitative estimate of drug-likeness (QED) is 0.691. The third-order valence-corrected chi connectivity index (χ3v) is 6.64. The molecule has 0 spiro atoms. The van der Waals surface area contributed by atoms with Gasteiger partial charge in [-0.05, 0) is 30.3 Å². The topological polar surface area (TPSA) is 98.8 Å². The van der Waals surface area contributed by atoms with Gasteiger partial charge in [0, 0.05) is 13.7 Å². The number of benzene rings is 2. The van der Waals surface area contributed by atoms with Crippen molar-refractivity contribution in [2.75, 3.05) is 27.4 Å². The standard InChI is InChI=1S/C16H19NO6S2/c1-22-11-10-17-25(20,21)16-12-14(8-9-15(16)23-2)24(18,19)13-6-4-3-5-7-13/h3-9,12,17H,10-11H2,1-2H3. The van der Waals surface area contributed by atoms with E-state index >= 15 is 0 Å². The van der Waals surface area contributed by atoms with Crippen LogP contribution < -0.4 is 9.46 Å². The first-order valence-electron chi connectivity index (χ1n) is 7.29. The number of hydrogen-bond acceptors (Lipinski definition) is 6. The van der Waals surface area contributed by atoms with Crippen LogP contribution in [0, 0.1) is 0 Å². The zero-order valence-electron chi connectivity index (χ0n) is 13.8. The summed E-state index contributed by atoms with van der Waals surface area (Å²) in [5, 5.41) is 0.